The quantitative estimate of drug-likeness (QED) is 0.146. The van der Waals surface area contributed by atoms with Gasteiger partial charge in [-0.3, -0.25) is 29.2 Å². The number of rotatable bonds is 9. The average Bonchev–Trinajstić information content (AvgIpc) is 3.58. The number of nitrogens with zero attached hydrogens (tertiary/aromatic N) is 4. The summed E-state index contributed by atoms with van der Waals surface area (Å²) in [5.74, 6) is -2.86. The van der Waals surface area contributed by atoms with Crippen LogP contribution in [0.5, 0.6) is 5.75 Å². The van der Waals surface area contributed by atoms with Gasteiger partial charge in [0.2, 0.25) is 5.91 Å². The minimum atomic E-state index is -2.12. The number of nitrogens with one attached hydrogen (secondary N) is 3. The first-order valence-electron chi connectivity index (χ1n) is 22.6. The summed E-state index contributed by atoms with van der Waals surface area (Å²) in [4.78, 5) is 62.6. The highest BCUT2D eigenvalue weighted by Gasteiger charge is 2.45. The third-order valence-electron chi connectivity index (χ3n) is 13.1. The maximum Gasteiger partial charge on any atom is 0.324 e. The van der Waals surface area contributed by atoms with Crippen molar-refractivity contribution in [1.29, 1.82) is 0 Å². The smallest absolute Gasteiger partial charge is 0.324 e. The van der Waals surface area contributed by atoms with Crippen LogP contribution in [-0.2, 0) is 48.0 Å². The summed E-state index contributed by atoms with van der Waals surface area (Å²) in [6, 6.07) is 12.2. The van der Waals surface area contributed by atoms with Gasteiger partial charge in [-0.15, -0.1) is 0 Å². The van der Waals surface area contributed by atoms with Crippen molar-refractivity contribution >= 4 is 34.6 Å². The number of esters is 1. The Labute approximate surface area is 375 Å². The molecule has 4 atom stereocenters. The van der Waals surface area contributed by atoms with Crippen LogP contribution in [0, 0.1) is 11.3 Å². The predicted molar refractivity (Wildman–Crippen MR) is 243 cm³/mol. The Morgan fingerprint density at radius 1 is 1.09 bits per heavy atom. The SMILES string of the molecule is CCn1c(-c2cccnc2[C@H](C)OC)c2c3cc(ccc31)-c1cc(O)cc(c1)C[C@H](NC(=O)C(C(C)C)N(C)C(=O)C1(F)CCNCC1)C(=O)N1CCC[C@H](N1)C(=O)OCC(C)(C)C2. The summed E-state index contributed by atoms with van der Waals surface area (Å²) >= 11 is 0. The van der Waals surface area contributed by atoms with Crippen LogP contribution in [0.15, 0.2) is 54.7 Å². The number of phenols is 1. The lowest BCUT2D eigenvalue weighted by Gasteiger charge is -2.38. The normalized spacial score (nSPS) is 21.2. The first kappa shape index (κ1) is 46.6. The largest absolute Gasteiger partial charge is 0.508 e. The maximum absolute atomic E-state index is 16.0. The van der Waals surface area contributed by atoms with Crippen LogP contribution in [0.3, 0.4) is 0 Å². The Balaban J connectivity index is 1.34. The number of aromatic hydroxyl groups is 1. The minimum Gasteiger partial charge on any atom is -0.508 e. The molecule has 2 aromatic heterocycles. The van der Waals surface area contributed by atoms with E-state index in [1.807, 2.05) is 25.1 Å². The lowest BCUT2D eigenvalue weighted by atomic mass is 9.84. The molecule has 4 N–H and O–H groups in total. The number of aromatic nitrogens is 2. The van der Waals surface area contributed by atoms with E-state index in [0.717, 1.165) is 39.0 Å². The molecule has 344 valence electrons. The number of alkyl halides is 1. The van der Waals surface area contributed by atoms with Crippen LogP contribution < -0.4 is 16.1 Å². The molecule has 4 aromatic rings. The number of hydrogen-bond donors (Lipinski definition) is 4. The van der Waals surface area contributed by atoms with Crippen LogP contribution >= 0.6 is 0 Å². The summed E-state index contributed by atoms with van der Waals surface area (Å²) in [5, 5.41) is 19.6. The van der Waals surface area contributed by atoms with E-state index >= 15 is 4.39 Å². The van der Waals surface area contributed by atoms with Crippen molar-refractivity contribution in [3.8, 4) is 28.1 Å². The van der Waals surface area contributed by atoms with Crippen LogP contribution in [0.25, 0.3) is 33.3 Å². The summed E-state index contributed by atoms with van der Waals surface area (Å²) in [7, 11) is 3.10. The molecule has 2 fully saturated rings. The number of phenolic OH excluding ortho intramolecular Hbond substituents is 1. The van der Waals surface area contributed by atoms with E-state index in [1.165, 1.54) is 17.0 Å². The van der Waals surface area contributed by atoms with Crippen LogP contribution in [0.4, 0.5) is 4.39 Å². The lowest BCUT2D eigenvalue weighted by molar-refractivity contribution is -0.155. The molecule has 15 heteroatoms. The van der Waals surface area contributed by atoms with E-state index in [0.29, 0.717) is 50.0 Å². The number of carbonyl (C=O) groups excluding carboxylic acids is 4. The molecule has 1 unspecified atom stereocenters. The number of halogens is 1. The number of fused-ring (bicyclic) bond motifs is 6. The molecular formula is C49H64FN7O7. The van der Waals surface area contributed by atoms with Gasteiger partial charge in [0.15, 0.2) is 5.67 Å². The van der Waals surface area contributed by atoms with Crippen molar-refractivity contribution < 1.29 is 38.1 Å². The van der Waals surface area contributed by atoms with Gasteiger partial charge in [-0.1, -0.05) is 39.8 Å². The molecule has 0 aliphatic carbocycles. The molecule has 2 saturated heterocycles. The lowest BCUT2D eigenvalue weighted by Crippen LogP contribution is -2.63. The van der Waals surface area contributed by atoms with Gasteiger partial charge in [-0.05, 0) is 111 Å². The van der Waals surface area contributed by atoms with Gasteiger partial charge in [-0.2, -0.15) is 0 Å². The van der Waals surface area contributed by atoms with Gasteiger partial charge in [0.1, 0.15) is 23.9 Å². The predicted octanol–water partition coefficient (Wildman–Crippen LogP) is 6.03. The second-order valence-corrected chi connectivity index (χ2v) is 18.9. The summed E-state index contributed by atoms with van der Waals surface area (Å²) < 4.78 is 30.2. The van der Waals surface area contributed by atoms with E-state index in [1.54, 1.807) is 39.3 Å². The first-order valence-corrected chi connectivity index (χ1v) is 22.6. The van der Waals surface area contributed by atoms with Gasteiger partial charge in [-0.25, -0.2) is 9.82 Å². The Morgan fingerprint density at radius 3 is 2.55 bits per heavy atom. The third-order valence-corrected chi connectivity index (χ3v) is 13.1. The van der Waals surface area contributed by atoms with Crippen molar-refractivity contribution in [1.82, 2.24) is 35.5 Å². The fourth-order valence-electron chi connectivity index (χ4n) is 9.73. The molecule has 2 aromatic carbocycles. The standard InChI is InChI=1S/C49H64FN7O7/c1-9-56-40-15-14-32-26-36(40)37(43(56)35-12-10-18-52-41(35)30(4)63-8)27-48(5,6)28-64-46(61)38-13-11-21-57(54-38)45(60)39(24-31-22-33(32)25-34(58)23-31)53-44(59)42(29(2)3)55(7)47(62)49(50)16-19-51-20-17-49/h10,12,14-15,18,22-23,25-26,29-30,38-39,42,51,54,58H,9,11,13,16-17,19-21,24,27-28H2,1-8H3,(H,53,59)/t30-,38-,39-,42?/m0/s1. The topological polar surface area (TPSA) is 167 Å². The Bertz CT molecular complexity index is 2390. The molecule has 0 radical (unpaired) electrons. The summed E-state index contributed by atoms with van der Waals surface area (Å²) in [6.07, 6.45) is 2.88. The number of likely N-dealkylation sites (N-methyl/N-ethyl adjacent to an activating group) is 1. The highest BCUT2D eigenvalue weighted by atomic mass is 19.1. The van der Waals surface area contributed by atoms with Gasteiger partial charge in [0.25, 0.3) is 11.8 Å². The number of ether oxygens (including phenoxy) is 2. The van der Waals surface area contributed by atoms with E-state index < -0.39 is 58.8 Å². The summed E-state index contributed by atoms with van der Waals surface area (Å²) in [6.45, 7) is 13.5. The van der Waals surface area contributed by atoms with E-state index in [2.05, 4.69) is 59.6 Å². The fourth-order valence-corrected chi connectivity index (χ4v) is 9.73. The first-order chi connectivity index (χ1) is 30.4. The monoisotopic (exact) mass is 881 g/mol. The van der Waals surface area contributed by atoms with Crippen molar-refractivity contribution in [2.24, 2.45) is 11.3 Å². The zero-order valence-corrected chi connectivity index (χ0v) is 38.4. The Hall–Kier alpha value is -5.38. The number of benzene rings is 2. The fraction of sp³-hybridized carbons (Fsp3) is 0.531. The van der Waals surface area contributed by atoms with Gasteiger partial charge in [0, 0.05) is 74.6 Å². The second-order valence-electron chi connectivity index (χ2n) is 18.9. The molecule has 7 rings (SSSR count). The number of aryl methyl sites for hydroxylation is 1. The van der Waals surface area contributed by atoms with Crippen molar-refractivity contribution in [2.45, 2.75) is 117 Å². The van der Waals surface area contributed by atoms with E-state index in [-0.39, 0.29) is 44.3 Å². The Morgan fingerprint density at radius 2 is 1.84 bits per heavy atom. The number of cyclic esters (lactones) is 1. The van der Waals surface area contributed by atoms with Crippen LogP contribution in [0.1, 0.15) is 90.2 Å². The molecule has 0 saturated carbocycles. The zero-order chi connectivity index (χ0) is 46.1. The van der Waals surface area contributed by atoms with Crippen molar-refractivity contribution in [3.05, 3.63) is 71.5 Å². The number of piperidine rings is 1. The molecule has 14 nitrogen and oxygen atoms in total. The maximum atomic E-state index is 16.0. The Kier molecular flexibility index (Phi) is 13.8. The van der Waals surface area contributed by atoms with Crippen LogP contribution in [-0.4, -0.2) is 112 Å². The number of hydrazine groups is 1. The number of amides is 3. The number of methoxy groups -OCH3 is 1. The molecule has 6 bridgehead atoms. The van der Waals surface area contributed by atoms with Gasteiger partial charge in [0.05, 0.1) is 24.1 Å². The summed E-state index contributed by atoms with van der Waals surface area (Å²) in [5.41, 5.74) is 7.30. The third kappa shape index (κ3) is 9.52. The molecule has 5 heterocycles. The van der Waals surface area contributed by atoms with E-state index in [4.69, 9.17) is 14.5 Å². The molecule has 3 aliphatic heterocycles. The zero-order valence-electron chi connectivity index (χ0n) is 38.4. The minimum absolute atomic E-state index is 0.00970. The number of carbonyl (C=O) groups is 4. The molecule has 3 aliphatic rings. The highest BCUT2D eigenvalue weighted by Crippen LogP contribution is 2.42. The second kappa shape index (κ2) is 19.0. The highest BCUT2D eigenvalue weighted by molar-refractivity contribution is 5.96. The molecule has 0 spiro atoms. The molecule has 3 amide bonds. The van der Waals surface area contributed by atoms with Crippen molar-refractivity contribution in [2.75, 3.05) is 40.4 Å². The van der Waals surface area contributed by atoms with Crippen molar-refractivity contribution in [3.63, 3.8) is 0 Å². The average molecular weight is 882 g/mol. The molecular weight excluding hydrogens is 818 g/mol. The molecule has 64 heavy (non-hydrogen) atoms. The van der Waals surface area contributed by atoms with Crippen LogP contribution in [0.2, 0.25) is 0 Å². The number of hydrogen-bond acceptors (Lipinski definition) is 10. The van der Waals surface area contributed by atoms with E-state index in [9.17, 15) is 24.3 Å². The number of pyridine rings is 1. The van der Waals surface area contributed by atoms with Gasteiger partial charge >= 0.3 is 5.97 Å². The van der Waals surface area contributed by atoms with Gasteiger partial charge < -0.3 is 34.7 Å².